The second-order valence-corrected chi connectivity index (χ2v) is 7.44. The molecule has 0 saturated heterocycles. The van der Waals surface area contributed by atoms with E-state index in [0.717, 1.165) is 17.1 Å². The first-order chi connectivity index (χ1) is 12.1. The number of aryl methyl sites for hydroxylation is 1. The highest BCUT2D eigenvalue weighted by Crippen LogP contribution is 2.22. The van der Waals surface area contributed by atoms with Crippen molar-refractivity contribution in [3.8, 4) is 0 Å². The summed E-state index contributed by atoms with van der Waals surface area (Å²) in [6, 6.07) is 20.3. The van der Waals surface area contributed by atoms with Gasteiger partial charge in [-0.3, -0.25) is 4.79 Å². The number of hydrogen-bond acceptors (Lipinski definition) is 2. The van der Waals surface area contributed by atoms with Crippen LogP contribution in [0.15, 0.2) is 60.7 Å². The van der Waals surface area contributed by atoms with Crippen molar-refractivity contribution < 1.29 is 4.79 Å². The molecule has 0 fully saturated rings. The molecule has 0 bridgehead atoms. The first-order valence-electron chi connectivity index (χ1n) is 8.24. The molecule has 0 heterocycles. The van der Waals surface area contributed by atoms with Crippen LogP contribution in [-0.4, -0.2) is 18.2 Å². The molecule has 3 aromatic carbocycles. The molecule has 1 amide bonds. The Morgan fingerprint density at radius 2 is 1.88 bits per heavy atom. The van der Waals surface area contributed by atoms with E-state index in [2.05, 4.69) is 47.8 Å². The van der Waals surface area contributed by atoms with Gasteiger partial charge in [-0.05, 0) is 41.0 Å². The van der Waals surface area contributed by atoms with Gasteiger partial charge >= 0.3 is 0 Å². The van der Waals surface area contributed by atoms with E-state index in [0.29, 0.717) is 17.1 Å². The quantitative estimate of drug-likeness (QED) is 0.584. The van der Waals surface area contributed by atoms with Crippen LogP contribution in [0, 0.1) is 6.92 Å². The molecule has 0 aliphatic heterocycles. The van der Waals surface area contributed by atoms with Gasteiger partial charge in [0, 0.05) is 18.1 Å². The Hall–Kier alpha value is -1.97. The molecule has 1 N–H and O–H groups in total. The molecule has 0 aromatic heterocycles. The minimum absolute atomic E-state index is 0.115. The summed E-state index contributed by atoms with van der Waals surface area (Å²) in [4.78, 5) is 12.2. The average molecular weight is 370 g/mol. The molecule has 2 nitrogen and oxygen atoms in total. The second-order valence-electron chi connectivity index (χ2n) is 5.93. The molecule has 4 heteroatoms. The number of halogens is 1. The normalized spacial score (nSPS) is 10.8. The summed E-state index contributed by atoms with van der Waals surface area (Å²) in [5, 5.41) is 6.00. The fourth-order valence-corrected chi connectivity index (χ4v) is 3.92. The Morgan fingerprint density at radius 1 is 1.08 bits per heavy atom. The standard InChI is InChI=1S/C21H20ClNOS/c1-15-9-10-19(20(22)13-15)21(24)23-11-12-25-14-17-7-4-6-16-5-2-3-8-18(16)17/h2-10,13H,11-12,14H2,1H3,(H,23,24). The number of nitrogens with one attached hydrogen (secondary N) is 1. The molecule has 25 heavy (non-hydrogen) atoms. The third kappa shape index (κ3) is 4.56. The van der Waals surface area contributed by atoms with Crippen molar-refractivity contribution in [1.29, 1.82) is 0 Å². The van der Waals surface area contributed by atoms with Crippen LogP contribution in [0.1, 0.15) is 21.5 Å². The maximum atomic E-state index is 12.2. The van der Waals surface area contributed by atoms with Gasteiger partial charge in [-0.25, -0.2) is 0 Å². The Morgan fingerprint density at radius 3 is 2.72 bits per heavy atom. The second kappa shape index (κ2) is 8.41. The Labute approximate surface area is 157 Å². The van der Waals surface area contributed by atoms with Crippen LogP contribution in [0.25, 0.3) is 10.8 Å². The lowest BCUT2D eigenvalue weighted by atomic mass is 10.1. The van der Waals surface area contributed by atoms with E-state index in [4.69, 9.17) is 11.6 Å². The van der Waals surface area contributed by atoms with Crippen molar-refractivity contribution in [2.75, 3.05) is 12.3 Å². The lowest BCUT2D eigenvalue weighted by molar-refractivity contribution is 0.0956. The minimum Gasteiger partial charge on any atom is -0.351 e. The third-order valence-electron chi connectivity index (χ3n) is 4.04. The number of hydrogen-bond donors (Lipinski definition) is 1. The van der Waals surface area contributed by atoms with Crippen LogP contribution in [0.4, 0.5) is 0 Å². The van der Waals surface area contributed by atoms with Crippen LogP contribution in [0.2, 0.25) is 5.02 Å². The van der Waals surface area contributed by atoms with Gasteiger partial charge in [0.1, 0.15) is 0 Å². The van der Waals surface area contributed by atoms with Gasteiger partial charge in [0.2, 0.25) is 0 Å². The number of fused-ring (bicyclic) bond motifs is 1. The topological polar surface area (TPSA) is 29.1 Å². The highest BCUT2D eigenvalue weighted by Gasteiger charge is 2.09. The molecule has 0 aliphatic carbocycles. The van der Waals surface area contributed by atoms with Gasteiger partial charge < -0.3 is 5.32 Å². The number of benzene rings is 3. The molecule has 128 valence electrons. The number of rotatable bonds is 6. The first-order valence-corrected chi connectivity index (χ1v) is 9.77. The molecule has 0 aliphatic rings. The van der Waals surface area contributed by atoms with Gasteiger partial charge in [0.05, 0.1) is 10.6 Å². The van der Waals surface area contributed by atoms with Crippen LogP contribution in [0.3, 0.4) is 0 Å². The number of carbonyl (C=O) groups excluding carboxylic acids is 1. The molecular weight excluding hydrogens is 350 g/mol. The molecule has 0 spiro atoms. The lowest BCUT2D eigenvalue weighted by Crippen LogP contribution is -2.26. The zero-order valence-corrected chi connectivity index (χ0v) is 15.7. The summed E-state index contributed by atoms with van der Waals surface area (Å²) in [7, 11) is 0. The zero-order valence-electron chi connectivity index (χ0n) is 14.1. The Bertz CT molecular complexity index is 889. The highest BCUT2D eigenvalue weighted by molar-refractivity contribution is 7.98. The molecule has 0 atom stereocenters. The van der Waals surface area contributed by atoms with E-state index in [-0.39, 0.29) is 5.91 Å². The van der Waals surface area contributed by atoms with Gasteiger partial charge in [0.15, 0.2) is 0 Å². The third-order valence-corrected chi connectivity index (χ3v) is 5.36. The smallest absolute Gasteiger partial charge is 0.252 e. The SMILES string of the molecule is Cc1ccc(C(=O)NCCSCc2cccc3ccccc23)c(Cl)c1. The monoisotopic (exact) mass is 369 g/mol. The maximum absolute atomic E-state index is 12.2. The Kier molecular flexibility index (Phi) is 6.00. The van der Waals surface area contributed by atoms with E-state index < -0.39 is 0 Å². The molecule has 3 rings (SSSR count). The average Bonchev–Trinajstić information content (AvgIpc) is 2.61. The fourth-order valence-electron chi connectivity index (χ4n) is 2.74. The van der Waals surface area contributed by atoms with Crippen molar-refractivity contribution in [2.45, 2.75) is 12.7 Å². The van der Waals surface area contributed by atoms with Crippen LogP contribution >= 0.6 is 23.4 Å². The predicted molar refractivity (Wildman–Crippen MR) is 109 cm³/mol. The van der Waals surface area contributed by atoms with E-state index in [1.807, 2.05) is 30.8 Å². The highest BCUT2D eigenvalue weighted by atomic mass is 35.5. The molecule has 0 unspecified atom stereocenters. The van der Waals surface area contributed by atoms with Crippen molar-refractivity contribution in [1.82, 2.24) is 5.32 Å². The van der Waals surface area contributed by atoms with Crippen molar-refractivity contribution in [3.63, 3.8) is 0 Å². The number of carbonyl (C=O) groups is 1. The lowest BCUT2D eigenvalue weighted by Gasteiger charge is -2.08. The van der Waals surface area contributed by atoms with Gasteiger partial charge in [0.25, 0.3) is 5.91 Å². The maximum Gasteiger partial charge on any atom is 0.252 e. The van der Waals surface area contributed by atoms with Crippen LogP contribution in [-0.2, 0) is 5.75 Å². The largest absolute Gasteiger partial charge is 0.351 e. The Balaban J connectivity index is 1.49. The van der Waals surface area contributed by atoms with Crippen molar-refractivity contribution in [2.24, 2.45) is 0 Å². The number of amides is 1. The summed E-state index contributed by atoms with van der Waals surface area (Å²) in [6.07, 6.45) is 0. The van der Waals surface area contributed by atoms with E-state index >= 15 is 0 Å². The number of thioether (sulfide) groups is 1. The summed E-state index contributed by atoms with van der Waals surface area (Å²) in [6.45, 7) is 2.58. The summed E-state index contributed by atoms with van der Waals surface area (Å²) >= 11 is 7.95. The summed E-state index contributed by atoms with van der Waals surface area (Å²) in [5.41, 5.74) is 2.91. The van der Waals surface area contributed by atoms with E-state index in [9.17, 15) is 4.79 Å². The van der Waals surface area contributed by atoms with E-state index in [1.54, 1.807) is 6.07 Å². The summed E-state index contributed by atoms with van der Waals surface area (Å²) < 4.78 is 0. The molecule has 3 aromatic rings. The van der Waals surface area contributed by atoms with E-state index in [1.165, 1.54) is 16.3 Å². The predicted octanol–water partition coefficient (Wildman–Crippen LogP) is 5.46. The molecular formula is C21H20ClNOS. The zero-order chi connectivity index (χ0) is 17.6. The van der Waals surface area contributed by atoms with Crippen molar-refractivity contribution >= 4 is 40.0 Å². The van der Waals surface area contributed by atoms with Gasteiger partial charge in [-0.1, -0.05) is 60.1 Å². The summed E-state index contributed by atoms with van der Waals surface area (Å²) in [5.74, 6) is 1.68. The van der Waals surface area contributed by atoms with Crippen molar-refractivity contribution in [3.05, 3.63) is 82.4 Å². The van der Waals surface area contributed by atoms with Crippen LogP contribution < -0.4 is 5.32 Å². The van der Waals surface area contributed by atoms with Gasteiger partial charge in [-0.2, -0.15) is 11.8 Å². The molecule has 0 radical (unpaired) electrons. The van der Waals surface area contributed by atoms with Gasteiger partial charge in [-0.15, -0.1) is 0 Å². The first kappa shape index (κ1) is 17.8. The van der Waals surface area contributed by atoms with Crippen LogP contribution in [0.5, 0.6) is 0 Å². The molecule has 0 saturated carbocycles. The minimum atomic E-state index is -0.115. The fraction of sp³-hybridized carbons (Fsp3) is 0.190.